The van der Waals surface area contributed by atoms with Crippen molar-refractivity contribution >= 4 is 65.9 Å². The fourth-order valence-corrected chi connectivity index (χ4v) is 7.71. The minimum Gasteiger partial charge on any atom is -0.316 e. The maximum atomic E-state index is 12.5. The average Bonchev–Trinajstić information content (AvgIpc) is 3.09. The highest BCUT2D eigenvalue weighted by Crippen LogP contribution is 2.41. The van der Waals surface area contributed by atoms with Gasteiger partial charge in [0.25, 0.3) is 5.91 Å². The molecule has 2 fully saturated rings. The molecule has 146 valence electrons. The van der Waals surface area contributed by atoms with Gasteiger partial charge in [0.15, 0.2) is 15.0 Å². The molecule has 4 rings (SSSR count). The van der Waals surface area contributed by atoms with E-state index < -0.39 is 9.84 Å². The number of hydrogen-bond acceptors (Lipinski definition) is 4. The van der Waals surface area contributed by atoms with Crippen LogP contribution in [0.25, 0.3) is 0 Å². The fourth-order valence-electron chi connectivity index (χ4n) is 3.39. The largest absolute Gasteiger partial charge is 0.316 e. The van der Waals surface area contributed by atoms with Crippen LogP contribution in [0.3, 0.4) is 0 Å². The van der Waals surface area contributed by atoms with Crippen molar-refractivity contribution in [2.24, 2.45) is 4.99 Å². The number of hydrogen-bond donors (Lipinski definition) is 0. The highest BCUT2D eigenvalue weighted by atomic mass is 79.9. The van der Waals surface area contributed by atoms with E-state index in [2.05, 4.69) is 20.9 Å². The lowest BCUT2D eigenvalue weighted by Gasteiger charge is -2.24. The van der Waals surface area contributed by atoms with Crippen molar-refractivity contribution in [3.63, 3.8) is 0 Å². The maximum Gasteiger partial charge on any atom is 0.252 e. The summed E-state index contributed by atoms with van der Waals surface area (Å²) in [5, 5.41) is 1.06. The minimum absolute atomic E-state index is 0.0745. The maximum absolute atomic E-state index is 12.5. The van der Waals surface area contributed by atoms with Crippen LogP contribution in [-0.4, -0.2) is 42.3 Å². The third kappa shape index (κ3) is 4.30. The summed E-state index contributed by atoms with van der Waals surface area (Å²) in [6.45, 7) is 0. The Morgan fingerprint density at radius 1 is 1.14 bits per heavy atom. The molecule has 0 saturated carbocycles. The summed E-state index contributed by atoms with van der Waals surface area (Å²) < 4.78 is 25.1. The molecule has 0 unspecified atom stereocenters. The second kappa shape index (κ2) is 7.82. The van der Waals surface area contributed by atoms with Gasteiger partial charge in [-0.25, -0.2) is 8.42 Å². The van der Waals surface area contributed by atoms with Gasteiger partial charge in [-0.05, 0) is 42.0 Å². The number of amides is 1. The molecule has 9 heteroatoms. The molecule has 2 atom stereocenters. The van der Waals surface area contributed by atoms with Crippen LogP contribution in [0.2, 0.25) is 5.02 Å². The summed E-state index contributed by atoms with van der Waals surface area (Å²) in [5.41, 5.74) is 1.66. The molecule has 2 aromatic rings. The van der Waals surface area contributed by atoms with Crippen LogP contribution in [-0.2, 0) is 21.1 Å². The second-order valence-corrected chi connectivity index (χ2v) is 11.5. The van der Waals surface area contributed by atoms with Crippen molar-refractivity contribution in [2.75, 3.05) is 16.4 Å². The van der Waals surface area contributed by atoms with E-state index in [1.807, 2.05) is 29.2 Å². The van der Waals surface area contributed by atoms with Crippen LogP contribution >= 0.6 is 39.3 Å². The van der Waals surface area contributed by atoms with Crippen molar-refractivity contribution in [3.8, 4) is 0 Å². The van der Waals surface area contributed by atoms with E-state index in [4.69, 9.17) is 11.6 Å². The van der Waals surface area contributed by atoms with Gasteiger partial charge in [-0.2, -0.15) is 4.99 Å². The highest BCUT2D eigenvalue weighted by Gasteiger charge is 2.49. The van der Waals surface area contributed by atoms with Gasteiger partial charge in [0.05, 0.1) is 24.0 Å². The first-order valence-corrected chi connectivity index (χ1v) is 12.5. The Bertz CT molecular complexity index is 1040. The summed E-state index contributed by atoms with van der Waals surface area (Å²) in [6.07, 6.45) is 0.170. The van der Waals surface area contributed by atoms with E-state index in [9.17, 15) is 13.2 Å². The topological polar surface area (TPSA) is 66.8 Å². The number of thioether (sulfide) groups is 1. The fraction of sp³-hybridized carbons (Fsp3) is 0.263. The van der Waals surface area contributed by atoms with Crippen LogP contribution in [0.4, 0.5) is 5.69 Å². The Morgan fingerprint density at radius 2 is 1.82 bits per heavy atom. The number of benzene rings is 2. The zero-order chi connectivity index (χ0) is 19.9. The molecule has 0 radical (unpaired) electrons. The van der Waals surface area contributed by atoms with Crippen LogP contribution in [0, 0.1) is 0 Å². The Balaban J connectivity index is 1.62. The molecule has 2 heterocycles. The number of fused-ring (bicyclic) bond motifs is 1. The minimum atomic E-state index is -3.08. The first-order chi connectivity index (χ1) is 13.3. The van der Waals surface area contributed by atoms with Gasteiger partial charge in [-0.15, -0.1) is 0 Å². The molecule has 1 amide bonds. The van der Waals surface area contributed by atoms with Crippen LogP contribution in [0.15, 0.2) is 58.0 Å². The Kier molecular flexibility index (Phi) is 5.57. The van der Waals surface area contributed by atoms with Crippen LogP contribution in [0.5, 0.6) is 0 Å². The molecule has 0 aromatic heterocycles. The smallest absolute Gasteiger partial charge is 0.252 e. The monoisotopic (exact) mass is 498 g/mol. The molecule has 0 N–H and O–H groups in total. The zero-order valence-corrected chi connectivity index (χ0v) is 18.6. The SMILES string of the molecule is O=C(Cc1ccc(Cl)cc1)N=C1S[C@@H]2CS(=O)(=O)C[C@H]2N1c1ccc(Br)cc1. The van der Waals surface area contributed by atoms with Crippen LogP contribution in [0.1, 0.15) is 5.56 Å². The summed E-state index contributed by atoms with van der Waals surface area (Å²) >= 11 is 10.7. The summed E-state index contributed by atoms with van der Waals surface area (Å²) in [7, 11) is -3.08. The van der Waals surface area contributed by atoms with E-state index in [1.54, 1.807) is 24.3 Å². The van der Waals surface area contributed by atoms with Crippen molar-refractivity contribution in [1.29, 1.82) is 0 Å². The molecule has 0 bridgehead atoms. The Hall–Kier alpha value is -1.35. The van der Waals surface area contributed by atoms with E-state index in [1.165, 1.54) is 11.8 Å². The van der Waals surface area contributed by atoms with Gasteiger partial charge in [0.1, 0.15) is 0 Å². The number of sulfone groups is 1. The standard InChI is InChI=1S/C19H16BrClN2O3S2/c20-13-3-7-15(8-4-13)23-16-10-28(25,26)11-17(16)27-19(23)22-18(24)9-12-1-5-14(21)6-2-12/h1-8,16-17H,9-11H2/t16-,17-/m1/s1. The molecule has 2 aliphatic rings. The Labute approximate surface area is 181 Å². The first kappa shape index (κ1) is 19.9. The van der Waals surface area contributed by atoms with Crippen molar-refractivity contribution in [3.05, 3.63) is 63.6 Å². The van der Waals surface area contributed by atoms with Gasteiger partial charge in [-0.1, -0.05) is 51.4 Å². The lowest BCUT2D eigenvalue weighted by molar-refractivity contribution is -0.117. The third-order valence-corrected chi connectivity index (χ3v) is 8.65. The van der Waals surface area contributed by atoms with Crippen molar-refractivity contribution in [1.82, 2.24) is 0 Å². The lowest BCUT2D eigenvalue weighted by Crippen LogP contribution is -2.37. The summed E-state index contributed by atoms with van der Waals surface area (Å²) in [4.78, 5) is 18.8. The van der Waals surface area contributed by atoms with Gasteiger partial charge in [0.2, 0.25) is 0 Å². The van der Waals surface area contributed by atoms with Gasteiger partial charge < -0.3 is 4.90 Å². The predicted molar refractivity (Wildman–Crippen MR) is 118 cm³/mol. The number of rotatable bonds is 3. The molecule has 2 aromatic carbocycles. The molecule has 2 saturated heterocycles. The summed E-state index contributed by atoms with van der Waals surface area (Å²) in [5.74, 6) is -0.0833. The average molecular weight is 500 g/mol. The van der Waals surface area contributed by atoms with Crippen molar-refractivity contribution < 1.29 is 13.2 Å². The number of nitrogens with zero attached hydrogens (tertiary/aromatic N) is 2. The predicted octanol–water partition coefficient (Wildman–Crippen LogP) is 3.95. The molecule has 0 aliphatic carbocycles. The van der Waals surface area contributed by atoms with E-state index >= 15 is 0 Å². The van der Waals surface area contributed by atoms with E-state index in [0.29, 0.717) is 10.2 Å². The molecular formula is C19H16BrClN2O3S2. The third-order valence-electron chi connectivity index (χ3n) is 4.66. The molecule has 28 heavy (non-hydrogen) atoms. The number of halogens is 2. The quantitative estimate of drug-likeness (QED) is 0.640. The number of carbonyl (C=O) groups excluding carboxylic acids is 1. The summed E-state index contributed by atoms with van der Waals surface area (Å²) in [6, 6.07) is 14.5. The number of amidine groups is 1. The molecule has 0 spiro atoms. The number of carbonyl (C=O) groups is 1. The van der Waals surface area contributed by atoms with Gasteiger partial charge in [0, 0.05) is 20.4 Å². The van der Waals surface area contributed by atoms with E-state index in [-0.39, 0.29) is 35.1 Å². The molecular weight excluding hydrogens is 484 g/mol. The normalized spacial score (nSPS) is 24.5. The number of aliphatic imine (C=N–C) groups is 1. The van der Waals surface area contributed by atoms with Gasteiger partial charge >= 0.3 is 0 Å². The molecule has 2 aliphatic heterocycles. The Morgan fingerprint density at radius 3 is 2.50 bits per heavy atom. The lowest BCUT2D eigenvalue weighted by atomic mass is 10.1. The first-order valence-electron chi connectivity index (χ1n) is 8.58. The second-order valence-electron chi connectivity index (χ2n) is 6.74. The number of anilines is 1. The molecule has 5 nitrogen and oxygen atoms in total. The van der Waals surface area contributed by atoms with Crippen LogP contribution < -0.4 is 4.90 Å². The van der Waals surface area contributed by atoms with Gasteiger partial charge in [-0.3, -0.25) is 4.79 Å². The zero-order valence-electron chi connectivity index (χ0n) is 14.6. The van der Waals surface area contributed by atoms with E-state index in [0.717, 1.165) is 15.7 Å². The van der Waals surface area contributed by atoms with Crippen molar-refractivity contribution in [2.45, 2.75) is 17.7 Å². The highest BCUT2D eigenvalue weighted by molar-refractivity contribution is 9.10.